The molecule has 8 heteroatoms. The van der Waals surface area contributed by atoms with Gasteiger partial charge in [-0.15, -0.1) is 0 Å². The third kappa shape index (κ3) is 2.42. The first kappa shape index (κ1) is 18.8. The van der Waals surface area contributed by atoms with Gasteiger partial charge in [0.15, 0.2) is 0 Å². The number of aromatic nitrogens is 7. The molecule has 5 aromatic rings. The Morgan fingerprint density at radius 1 is 0.794 bits per heavy atom. The number of rotatable bonds is 2. The molecule has 1 aliphatic carbocycles. The van der Waals surface area contributed by atoms with Gasteiger partial charge in [0.25, 0.3) is 0 Å². The lowest BCUT2D eigenvalue weighted by atomic mass is 9.89. The lowest BCUT2D eigenvalue weighted by molar-refractivity contribution is -0.387. The van der Waals surface area contributed by atoms with Gasteiger partial charge in [-0.05, 0) is 31.0 Å². The van der Waals surface area contributed by atoms with E-state index < -0.39 is 0 Å². The van der Waals surface area contributed by atoms with Gasteiger partial charge < -0.3 is 9.40 Å². The number of benzene rings is 2. The average Bonchev–Trinajstić information content (AvgIpc) is 3.42. The van der Waals surface area contributed by atoms with E-state index >= 15 is 0 Å². The molecule has 4 heterocycles. The van der Waals surface area contributed by atoms with E-state index in [-0.39, 0.29) is 0 Å². The van der Waals surface area contributed by atoms with Crippen LogP contribution in [-0.2, 0) is 0 Å². The number of nitrogens with one attached hydrogen (secondary N) is 2. The van der Waals surface area contributed by atoms with Crippen molar-refractivity contribution in [2.45, 2.75) is 13.8 Å². The average molecular weight is 444 g/mol. The van der Waals surface area contributed by atoms with E-state index in [2.05, 4.69) is 44.8 Å². The van der Waals surface area contributed by atoms with Gasteiger partial charge in [0.1, 0.15) is 22.2 Å². The molecule has 8 nitrogen and oxygen atoms in total. The first-order valence-electron chi connectivity index (χ1n) is 10.9. The zero-order valence-corrected chi connectivity index (χ0v) is 18.4. The highest BCUT2D eigenvalue weighted by Crippen LogP contribution is 2.49. The fourth-order valence-electron chi connectivity index (χ4n) is 4.96. The summed E-state index contributed by atoms with van der Waals surface area (Å²) < 4.78 is 6.55. The minimum atomic E-state index is 0.644. The summed E-state index contributed by atoms with van der Waals surface area (Å²) in [6.45, 7) is 4.21. The first-order valence-corrected chi connectivity index (χ1v) is 10.9. The van der Waals surface area contributed by atoms with Crippen molar-refractivity contribution >= 4 is 33.0 Å². The Hall–Kier alpha value is -4.72. The standard InChI is InChI=1S/C26H17N7O/c1-13-14(2)18(26-32-11-27-12-33-26)19-15-5-3-4-6-16(15)34-25(19)17(13)20-21-23(30-9-7-28-21)24-22(20)29-8-10-31-24/h3-12,30H,1-2H3/p+1. The third-order valence-electron chi connectivity index (χ3n) is 6.53. The Morgan fingerprint density at radius 2 is 1.56 bits per heavy atom. The van der Waals surface area contributed by atoms with Crippen LogP contribution in [0.5, 0.6) is 0 Å². The molecule has 2 aromatic carbocycles. The Morgan fingerprint density at radius 3 is 2.41 bits per heavy atom. The summed E-state index contributed by atoms with van der Waals surface area (Å²) >= 11 is 0. The number of aromatic amines is 2. The largest absolute Gasteiger partial charge is 0.455 e. The molecule has 0 fully saturated rings. The number of H-pyrrole nitrogens is 2. The summed E-state index contributed by atoms with van der Waals surface area (Å²) in [6, 6.07) is 8.06. The molecule has 0 radical (unpaired) electrons. The summed E-state index contributed by atoms with van der Waals surface area (Å²) in [5.41, 5.74) is 9.77. The maximum atomic E-state index is 6.55. The highest BCUT2D eigenvalue weighted by atomic mass is 16.3. The van der Waals surface area contributed by atoms with Crippen LogP contribution in [-0.4, -0.2) is 29.9 Å². The van der Waals surface area contributed by atoms with Crippen molar-refractivity contribution in [3.05, 3.63) is 72.8 Å². The van der Waals surface area contributed by atoms with Crippen LogP contribution in [0.4, 0.5) is 0 Å². The van der Waals surface area contributed by atoms with Crippen LogP contribution in [0, 0.1) is 13.8 Å². The van der Waals surface area contributed by atoms with Gasteiger partial charge in [0.2, 0.25) is 12.7 Å². The second-order valence-electron chi connectivity index (χ2n) is 8.25. The minimum absolute atomic E-state index is 0.644. The maximum Gasteiger partial charge on any atom is 0.308 e. The van der Waals surface area contributed by atoms with Crippen molar-refractivity contribution in [2.75, 3.05) is 0 Å². The highest BCUT2D eigenvalue weighted by Gasteiger charge is 2.31. The van der Waals surface area contributed by atoms with E-state index in [1.807, 2.05) is 24.4 Å². The molecule has 0 unspecified atom stereocenters. The van der Waals surface area contributed by atoms with E-state index in [4.69, 9.17) is 14.4 Å². The Kier molecular flexibility index (Phi) is 3.81. The molecule has 3 aromatic heterocycles. The number of hydrogen-bond donors (Lipinski definition) is 1. The molecule has 0 bridgehead atoms. The van der Waals surface area contributed by atoms with Crippen molar-refractivity contribution in [2.24, 2.45) is 0 Å². The van der Waals surface area contributed by atoms with Crippen molar-refractivity contribution < 1.29 is 9.40 Å². The Labute approximate surface area is 193 Å². The monoisotopic (exact) mass is 444 g/mol. The SMILES string of the molecule is Cc1c(C)c(-c2nc[nH+]cn2)c2c(oc3ccccc32)c1-c1c2ncc[nH]c-2c2nccnc12. The van der Waals surface area contributed by atoms with Crippen LogP contribution in [0.3, 0.4) is 0 Å². The van der Waals surface area contributed by atoms with Crippen LogP contribution < -0.4 is 4.98 Å². The summed E-state index contributed by atoms with van der Waals surface area (Å²) in [4.78, 5) is 29.3. The highest BCUT2D eigenvalue weighted by molar-refractivity contribution is 6.21. The second-order valence-corrected chi connectivity index (χ2v) is 8.25. The lowest BCUT2D eigenvalue weighted by Crippen LogP contribution is -2.05. The summed E-state index contributed by atoms with van der Waals surface area (Å²) in [5.74, 6) is 0.644. The number of fused-ring (bicyclic) bond motifs is 6. The molecular weight excluding hydrogens is 426 g/mol. The van der Waals surface area contributed by atoms with Gasteiger partial charge in [0, 0.05) is 46.7 Å². The van der Waals surface area contributed by atoms with Crippen molar-refractivity contribution in [1.82, 2.24) is 29.9 Å². The molecule has 162 valence electrons. The quantitative estimate of drug-likeness (QED) is 0.406. The van der Waals surface area contributed by atoms with E-state index in [0.29, 0.717) is 5.82 Å². The fourth-order valence-corrected chi connectivity index (χ4v) is 4.96. The summed E-state index contributed by atoms with van der Waals surface area (Å²) in [5, 5.41) is 1.99. The maximum absolute atomic E-state index is 6.55. The van der Waals surface area contributed by atoms with E-state index in [1.54, 1.807) is 31.2 Å². The molecule has 2 N–H and O–H groups in total. The van der Waals surface area contributed by atoms with Crippen LogP contribution >= 0.6 is 0 Å². The smallest absolute Gasteiger partial charge is 0.308 e. The van der Waals surface area contributed by atoms with Crippen molar-refractivity contribution in [3.8, 4) is 33.9 Å². The molecule has 0 saturated heterocycles. The Balaban J connectivity index is 1.73. The summed E-state index contributed by atoms with van der Waals surface area (Å²) in [6.07, 6.45) is 10.3. The van der Waals surface area contributed by atoms with E-state index in [9.17, 15) is 0 Å². The van der Waals surface area contributed by atoms with Gasteiger partial charge in [-0.1, -0.05) is 28.2 Å². The zero-order valence-electron chi connectivity index (χ0n) is 18.4. The number of hydrogen-bond acceptors (Lipinski definition) is 6. The van der Waals surface area contributed by atoms with Crippen LogP contribution in [0.15, 0.2) is 66.1 Å². The predicted molar refractivity (Wildman–Crippen MR) is 128 cm³/mol. The zero-order chi connectivity index (χ0) is 22.8. The van der Waals surface area contributed by atoms with Crippen LogP contribution in [0.25, 0.3) is 66.9 Å². The molecule has 0 spiro atoms. The number of furan rings is 1. The minimum Gasteiger partial charge on any atom is -0.455 e. The van der Waals surface area contributed by atoms with Gasteiger partial charge >= 0.3 is 5.82 Å². The number of para-hydroxylation sites is 1. The van der Waals surface area contributed by atoms with Crippen molar-refractivity contribution in [1.29, 1.82) is 0 Å². The molecule has 34 heavy (non-hydrogen) atoms. The van der Waals surface area contributed by atoms with Gasteiger partial charge in [-0.2, -0.15) is 0 Å². The molecular formula is C26H18N7O+. The van der Waals surface area contributed by atoms with Gasteiger partial charge in [0.05, 0.1) is 17.0 Å². The normalized spacial score (nSPS) is 11.8. The van der Waals surface area contributed by atoms with E-state index in [1.165, 1.54) is 0 Å². The predicted octanol–water partition coefficient (Wildman–Crippen LogP) is 4.91. The van der Waals surface area contributed by atoms with Crippen LogP contribution in [0.1, 0.15) is 11.1 Å². The molecule has 0 atom stereocenters. The molecule has 0 saturated carbocycles. The van der Waals surface area contributed by atoms with Gasteiger partial charge in [-0.3, -0.25) is 19.9 Å². The molecule has 1 aliphatic heterocycles. The molecule has 7 rings (SSSR count). The molecule has 2 aliphatic rings. The second kappa shape index (κ2) is 6.89. The van der Waals surface area contributed by atoms with Gasteiger partial charge in [-0.25, -0.2) is 0 Å². The van der Waals surface area contributed by atoms with Crippen molar-refractivity contribution in [3.63, 3.8) is 0 Å². The Bertz CT molecular complexity index is 1840. The van der Waals surface area contributed by atoms with E-state index in [0.717, 1.165) is 72.2 Å². The molecule has 0 amide bonds. The first-order chi connectivity index (χ1) is 16.7. The topological polar surface area (TPSA) is 108 Å². The third-order valence-corrected chi connectivity index (χ3v) is 6.53. The fraction of sp³-hybridized carbons (Fsp3) is 0.0769. The number of nitrogens with zero attached hydrogens (tertiary/aromatic N) is 5. The lowest BCUT2D eigenvalue weighted by Gasteiger charge is -2.14. The van der Waals surface area contributed by atoms with Crippen LogP contribution in [0.2, 0.25) is 0 Å². The summed E-state index contributed by atoms with van der Waals surface area (Å²) in [7, 11) is 0.